The Morgan fingerprint density at radius 3 is 2.65 bits per heavy atom. The number of nitrogens with zero attached hydrogens (tertiary/aromatic N) is 3. The van der Waals surface area contributed by atoms with Crippen LogP contribution in [-0.2, 0) is 11.3 Å². The second kappa shape index (κ2) is 9.89. The molecule has 5 rings (SSSR count). The number of halogens is 1. The number of hydrogen-bond donors (Lipinski definition) is 0. The minimum absolute atomic E-state index is 0.0443. The molecule has 0 spiro atoms. The average molecular weight is 520 g/mol. The lowest BCUT2D eigenvalue weighted by molar-refractivity contribution is -0.117. The molecule has 2 heterocycles. The van der Waals surface area contributed by atoms with Gasteiger partial charge in [-0.25, -0.2) is 4.98 Å². The van der Waals surface area contributed by atoms with E-state index < -0.39 is 0 Å². The van der Waals surface area contributed by atoms with Gasteiger partial charge in [-0.05, 0) is 55.0 Å². The molecule has 1 aliphatic heterocycles. The van der Waals surface area contributed by atoms with E-state index in [0.29, 0.717) is 19.6 Å². The maximum absolute atomic E-state index is 12.9. The summed E-state index contributed by atoms with van der Waals surface area (Å²) >= 11 is 3.47. The number of aromatic nitrogens is 2. The zero-order valence-corrected chi connectivity index (χ0v) is 20.6. The van der Waals surface area contributed by atoms with Crippen molar-refractivity contribution in [2.75, 3.05) is 25.2 Å². The van der Waals surface area contributed by atoms with Gasteiger partial charge in [0.2, 0.25) is 5.91 Å². The lowest BCUT2D eigenvalue weighted by Crippen LogP contribution is -2.24. The van der Waals surface area contributed by atoms with E-state index in [1.54, 1.807) is 7.11 Å². The molecule has 0 N–H and O–H groups in total. The summed E-state index contributed by atoms with van der Waals surface area (Å²) in [5.41, 5.74) is 2.97. The number of methoxy groups -OCH3 is 1. The van der Waals surface area contributed by atoms with Crippen molar-refractivity contribution in [1.82, 2.24) is 9.55 Å². The Morgan fingerprint density at radius 2 is 1.82 bits per heavy atom. The number of fused-ring (bicyclic) bond motifs is 1. The van der Waals surface area contributed by atoms with Crippen molar-refractivity contribution in [2.45, 2.75) is 25.3 Å². The highest BCUT2D eigenvalue weighted by Crippen LogP contribution is 2.33. The monoisotopic (exact) mass is 519 g/mol. The van der Waals surface area contributed by atoms with Gasteiger partial charge in [-0.3, -0.25) is 4.79 Å². The number of para-hydroxylation sites is 2. The maximum Gasteiger partial charge on any atom is 0.227 e. The first kappa shape index (κ1) is 22.5. The van der Waals surface area contributed by atoms with Crippen LogP contribution in [-0.4, -0.2) is 35.7 Å². The smallest absolute Gasteiger partial charge is 0.227 e. The fraction of sp³-hybridized carbons (Fsp3) is 0.259. The molecule has 1 saturated heterocycles. The van der Waals surface area contributed by atoms with Crippen molar-refractivity contribution in [3.05, 3.63) is 83.1 Å². The van der Waals surface area contributed by atoms with Crippen LogP contribution >= 0.6 is 15.9 Å². The summed E-state index contributed by atoms with van der Waals surface area (Å²) in [6.07, 6.45) is 1.28. The van der Waals surface area contributed by atoms with Crippen molar-refractivity contribution >= 4 is 38.6 Å². The molecule has 174 valence electrons. The van der Waals surface area contributed by atoms with Gasteiger partial charge in [0, 0.05) is 41.7 Å². The summed E-state index contributed by atoms with van der Waals surface area (Å²) in [4.78, 5) is 19.7. The van der Waals surface area contributed by atoms with E-state index in [1.165, 1.54) is 0 Å². The predicted molar refractivity (Wildman–Crippen MR) is 137 cm³/mol. The van der Waals surface area contributed by atoms with Crippen LogP contribution in [0.3, 0.4) is 0 Å². The van der Waals surface area contributed by atoms with E-state index >= 15 is 0 Å². The number of ether oxygens (including phenoxy) is 2. The molecule has 6 nitrogen and oxygen atoms in total. The largest absolute Gasteiger partial charge is 0.497 e. The zero-order valence-electron chi connectivity index (χ0n) is 19.0. The third kappa shape index (κ3) is 4.66. The van der Waals surface area contributed by atoms with E-state index in [-0.39, 0.29) is 11.8 Å². The highest BCUT2D eigenvalue weighted by molar-refractivity contribution is 9.10. The van der Waals surface area contributed by atoms with Crippen molar-refractivity contribution in [2.24, 2.45) is 0 Å². The molecule has 1 unspecified atom stereocenters. The first-order valence-corrected chi connectivity index (χ1v) is 12.2. The summed E-state index contributed by atoms with van der Waals surface area (Å²) < 4.78 is 14.5. The van der Waals surface area contributed by atoms with Crippen LogP contribution in [0.2, 0.25) is 0 Å². The van der Waals surface area contributed by atoms with Crippen molar-refractivity contribution in [1.29, 1.82) is 0 Å². The molecule has 0 radical (unpaired) electrons. The lowest BCUT2D eigenvalue weighted by atomic mass is 10.1. The molecule has 0 bridgehead atoms. The number of rotatable bonds is 8. The Labute approximate surface area is 207 Å². The van der Waals surface area contributed by atoms with Gasteiger partial charge >= 0.3 is 0 Å². The number of anilines is 1. The molecule has 7 heteroatoms. The molecular formula is C27H26BrN3O3. The van der Waals surface area contributed by atoms with E-state index in [4.69, 9.17) is 14.5 Å². The summed E-state index contributed by atoms with van der Waals surface area (Å²) in [6.45, 7) is 1.97. The van der Waals surface area contributed by atoms with Gasteiger partial charge in [-0.15, -0.1) is 0 Å². The topological polar surface area (TPSA) is 56.6 Å². The lowest BCUT2D eigenvalue weighted by Gasteiger charge is -2.17. The van der Waals surface area contributed by atoms with Gasteiger partial charge in [-0.1, -0.05) is 34.1 Å². The second-order valence-electron chi connectivity index (χ2n) is 8.37. The number of amides is 1. The van der Waals surface area contributed by atoms with Gasteiger partial charge in [0.1, 0.15) is 17.3 Å². The summed E-state index contributed by atoms with van der Waals surface area (Å²) in [5, 5.41) is 0. The number of aryl methyl sites for hydroxylation is 1. The Kier molecular flexibility index (Phi) is 6.54. The van der Waals surface area contributed by atoms with E-state index in [1.807, 2.05) is 71.6 Å². The van der Waals surface area contributed by atoms with E-state index in [9.17, 15) is 4.79 Å². The van der Waals surface area contributed by atoms with E-state index in [0.717, 1.165) is 51.5 Å². The molecular weight excluding hydrogens is 494 g/mol. The molecule has 34 heavy (non-hydrogen) atoms. The molecule has 1 aliphatic rings. The van der Waals surface area contributed by atoms with Crippen molar-refractivity contribution in [3.63, 3.8) is 0 Å². The summed E-state index contributed by atoms with van der Waals surface area (Å²) in [6, 6.07) is 23.7. The van der Waals surface area contributed by atoms with Crippen LogP contribution in [0.5, 0.6) is 11.5 Å². The molecule has 1 atom stereocenters. The normalized spacial score (nSPS) is 15.8. The zero-order chi connectivity index (χ0) is 23.5. The highest BCUT2D eigenvalue weighted by Gasteiger charge is 2.34. The molecule has 0 aliphatic carbocycles. The second-order valence-corrected chi connectivity index (χ2v) is 9.29. The number of hydrogen-bond acceptors (Lipinski definition) is 4. The summed E-state index contributed by atoms with van der Waals surface area (Å²) in [5.74, 6) is 2.72. The average Bonchev–Trinajstić information content (AvgIpc) is 3.43. The van der Waals surface area contributed by atoms with Crippen LogP contribution in [0.25, 0.3) is 11.0 Å². The third-order valence-corrected chi connectivity index (χ3v) is 6.68. The van der Waals surface area contributed by atoms with Crippen molar-refractivity contribution in [3.8, 4) is 11.5 Å². The maximum atomic E-state index is 12.9. The molecule has 0 saturated carbocycles. The fourth-order valence-electron chi connectivity index (χ4n) is 4.50. The van der Waals surface area contributed by atoms with Gasteiger partial charge in [-0.2, -0.15) is 0 Å². The minimum atomic E-state index is 0.0443. The van der Waals surface area contributed by atoms with Gasteiger partial charge in [0.05, 0.1) is 24.8 Å². The molecule has 1 fully saturated rings. The Bertz CT molecular complexity index is 1300. The SMILES string of the molecule is COc1cccc(OCCCn2c(C3CC(=O)N(c4ccc(Br)cc4)C3)nc3ccccc32)c1. The van der Waals surface area contributed by atoms with Crippen LogP contribution in [0, 0.1) is 0 Å². The highest BCUT2D eigenvalue weighted by atomic mass is 79.9. The Hall–Kier alpha value is -3.32. The minimum Gasteiger partial charge on any atom is -0.497 e. The molecule has 4 aromatic rings. The van der Waals surface area contributed by atoms with Gasteiger partial charge in [0.15, 0.2) is 0 Å². The van der Waals surface area contributed by atoms with E-state index in [2.05, 4.69) is 26.6 Å². The quantitative estimate of drug-likeness (QED) is 0.276. The van der Waals surface area contributed by atoms with Gasteiger partial charge in [0.25, 0.3) is 0 Å². The molecule has 1 amide bonds. The standard InChI is InChI=1S/C27H26BrN3O3/c1-33-22-6-4-7-23(17-22)34-15-5-14-30-25-9-3-2-8-24(25)29-27(30)19-16-26(32)31(18-19)21-12-10-20(28)11-13-21/h2-4,6-13,17,19H,5,14-16,18H2,1H3. The Morgan fingerprint density at radius 1 is 1.03 bits per heavy atom. The van der Waals surface area contributed by atoms with Crippen LogP contribution in [0.15, 0.2) is 77.3 Å². The first-order valence-electron chi connectivity index (χ1n) is 11.4. The fourth-order valence-corrected chi connectivity index (χ4v) is 4.76. The Balaban J connectivity index is 1.33. The number of benzene rings is 3. The third-order valence-electron chi connectivity index (χ3n) is 6.15. The predicted octanol–water partition coefficient (Wildman–Crippen LogP) is 5.80. The number of carbonyl (C=O) groups excluding carboxylic acids is 1. The molecule has 1 aromatic heterocycles. The molecule has 3 aromatic carbocycles. The first-order chi connectivity index (χ1) is 16.6. The number of carbonyl (C=O) groups is 1. The van der Waals surface area contributed by atoms with Crippen molar-refractivity contribution < 1.29 is 14.3 Å². The van der Waals surface area contributed by atoms with Crippen LogP contribution in [0.1, 0.15) is 24.6 Å². The van der Waals surface area contributed by atoms with Gasteiger partial charge < -0.3 is 18.9 Å². The number of imidazole rings is 1. The summed E-state index contributed by atoms with van der Waals surface area (Å²) in [7, 11) is 1.65. The van der Waals surface area contributed by atoms with Crippen LogP contribution < -0.4 is 14.4 Å². The van der Waals surface area contributed by atoms with Crippen LogP contribution in [0.4, 0.5) is 5.69 Å².